The molecule has 1 aromatic rings. The molecule has 104 valence electrons. The lowest BCUT2D eigenvalue weighted by Crippen LogP contribution is -2.41. The van der Waals surface area contributed by atoms with E-state index in [2.05, 4.69) is 19.2 Å². The summed E-state index contributed by atoms with van der Waals surface area (Å²) in [6.45, 7) is 5.48. The number of anilines is 1. The van der Waals surface area contributed by atoms with Crippen LogP contribution in [0.1, 0.15) is 25.8 Å². The molecule has 4 nitrogen and oxygen atoms in total. The Hall–Kier alpha value is -1.39. The molecule has 19 heavy (non-hydrogen) atoms. The van der Waals surface area contributed by atoms with E-state index in [1.54, 1.807) is 7.11 Å². The maximum Gasteiger partial charge on any atom is 0.244 e. The van der Waals surface area contributed by atoms with Crippen molar-refractivity contribution in [1.29, 1.82) is 0 Å². The van der Waals surface area contributed by atoms with E-state index in [1.165, 1.54) is 0 Å². The van der Waals surface area contributed by atoms with E-state index in [4.69, 9.17) is 4.74 Å². The van der Waals surface area contributed by atoms with Crippen LogP contribution in [0.2, 0.25) is 0 Å². The highest BCUT2D eigenvalue weighted by atomic mass is 16.5. The average molecular weight is 262 g/mol. The van der Waals surface area contributed by atoms with Crippen molar-refractivity contribution in [3.63, 3.8) is 0 Å². The molecule has 0 saturated carbocycles. The van der Waals surface area contributed by atoms with Gasteiger partial charge in [-0.3, -0.25) is 4.79 Å². The minimum atomic E-state index is -0.0499. The highest BCUT2D eigenvalue weighted by Gasteiger charge is 2.32. The first-order valence-corrected chi connectivity index (χ1v) is 6.77. The molecule has 1 aliphatic heterocycles. The molecule has 1 saturated heterocycles. The highest BCUT2D eigenvalue weighted by molar-refractivity contribution is 5.99. The normalized spacial score (nSPS) is 19.5. The number of carbonyl (C=O) groups is 1. The summed E-state index contributed by atoms with van der Waals surface area (Å²) in [4.78, 5) is 14.2. The number of nitrogens with one attached hydrogen (secondary N) is 1. The van der Waals surface area contributed by atoms with Gasteiger partial charge in [0.25, 0.3) is 0 Å². The van der Waals surface area contributed by atoms with Gasteiger partial charge in [-0.2, -0.15) is 0 Å². The molecule has 1 amide bonds. The molecule has 1 aromatic carbocycles. The molecule has 0 aromatic heterocycles. The van der Waals surface area contributed by atoms with Crippen molar-refractivity contribution >= 4 is 11.6 Å². The summed E-state index contributed by atoms with van der Waals surface area (Å²) >= 11 is 0. The number of methoxy groups -OCH3 is 1. The van der Waals surface area contributed by atoms with Gasteiger partial charge in [-0.1, -0.05) is 26.0 Å². The summed E-state index contributed by atoms with van der Waals surface area (Å²) < 4.78 is 5.13. The van der Waals surface area contributed by atoms with E-state index in [9.17, 15) is 4.79 Å². The first kappa shape index (κ1) is 14.0. The summed E-state index contributed by atoms with van der Waals surface area (Å²) in [5, 5.41) is 3.32. The summed E-state index contributed by atoms with van der Waals surface area (Å²) in [6.07, 6.45) is 0.867. The molecule has 1 N–H and O–H groups in total. The van der Waals surface area contributed by atoms with Crippen LogP contribution in [0.3, 0.4) is 0 Å². The van der Waals surface area contributed by atoms with Crippen molar-refractivity contribution in [3.8, 4) is 0 Å². The number of amides is 1. The predicted molar refractivity (Wildman–Crippen MR) is 76.2 cm³/mol. The van der Waals surface area contributed by atoms with Crippen molar-refractivity contribution in [1.82, 2.24) is 5.32 Å². The first-order chi connectivity index (χ1) is 9.11. The molecule has 1 atom stereocenters. The number of hydrogen-bond acceptors (Lipinski definition) is 3. The lowest BCUT2D eigenvalue weighted by molar-refractivity contribution is -0.118. The van der Waals surface area contributed by atoms with Crippen molar-refractivity contribution < 1.29 is 9.53 Å². The predicted octanol–water partition coefficient (Wildman–Crippen LogP) is 1.94. The second-order valence-electron chi connectivity index (χ2n) is 5.26. The van der Waals surface area contributed by atoms with Gasteiger partial charge in [-0.25, -0.2) is 0 Å². The Morgan fingerprint density at radius 1 is 1.47 bits per heavy atom. The SMILES string of the molecule is COCc1cccc(N2CCC(NC(C)C)C2=O)c1. The smallest absolute Gasteiger partial charge is 0.244 e. The maximum atomic E-state index is 12.3. The Labute approximate surface area is 114 Å². The van der Waals surface area contributed by atoms with Crippen LogP contribution in [0, 0.1) is 0 Å². The summed E-state index contributed by atoms with van der Waals surface area (Å²) in [5.74, 6) is 0.170. The van der Waals surface area contributed by atoms with E-state index in [0.717, 1.165) is 24.2 Å². The van der Waals surface area contributed by atoms with Crippen LogP contribution in [0.5, 0.6) is 0 Å². The maximum absolute atomic E-state index is 12.3. The van der Waals surface area contributed by atoms with Crippen LogP contribution in [0.25, 0.3) is 0 Å². The van der Waals surface area contributed by atoms with Gasteiger partial charge in [0.1, 0.15) is 0 Å². The largest absolute Gasteiger partial charge is 0.380 e. The van der Waals surface area contributed by atoms with E-state index in [0.29, 0.717) is 12.6 Å². The molecule has 0 radical (unpaired) electrons. The number of carbonyl (C=O) groups excluding carboxylic acids is 1. The lowest BCUT2D eigenvalue weighted by Gasteiger charge is -2.19. The fourth-order valence-corrected chi connectivity index (χ4v) is 2.47. The summed E-state index contributed by atoms with van der Waals surface area (Å²) in [6, 6.07) is 8.27. The van der Waals surface area contributed by atoms with Gasteiger partial charge in [0.2, 0.25) is 5.91 Å². The third-order valence-electron chi connectivity index (χ3n) is 3.27. The fraction of sp³-hybridized carbons (Fsp3) is 0.533. The number of rotatable bonds is 5. The minimum Gasteiger partial charge on any atom is -0.380 e. The zero-order valence-electron chi connectivity index (χ0n) is 11.8. The summed E-state index contributed by atoms with van der Waals surface area (Å²) in [7, 11) is 1.68. The number of nitrogens with zero attached hydrogens (tertiary/aromatic N) is 1. The second-order valence-corrected chi connectivity index (χ2v) is 5.26. The topological polar surface area (TPSA) is 41.6 Å². The van der Waals surface area contributed by atoms with Crippen LogP contribution in [-0.2, 0) is 16.1 Å². The lowest BCUT2D eigenvalue weighted by atomic mass is 10.2. The third-order valence-corrected chi connectivity index (χ3v) is 3.27. The zero-order valence-corrected chi connectivity index (χ0v) is 11.8. The van der Waals surface area contributed by atoms with Crippen molar-refractivity contribution in [3.05, 3.63) is 29.8 Å². The van der Waals surface area contributed by atoms with Crippen LogP contribution in [0.15, 0.2) is 24.3 Å². The fourth-order valence-electron chi connectivity index (χ4n) is 2.47. The Kier molecular flexibility index (Phi) is 4.56. The molecule has 1 fully saturated rings. The number of hydrogen-bond donors (Lipinski definition) is 1. The van der Waals surface area contributed by atoms with Crippen molar-refractivity contribution in [2.45, 2.75) is 39.0 Å². The van der Waals surface area contributed by atoms with Gasteiger partial charge in [-0.05, 0) is 24.1 Å². The van der Waals surface area contributed by atoms with Crippen LogP contribution >= 0.6 is 0 Å². The molecule has 2 rings (SSSR count). The van der Waals surface area contributed by atoms with E-state index >= 15 is 0 Å². The number of ether oxygens (including phenoxy) is 1. The molecule has 0 spiro atoms. The standard InChI is InChI=1S/C15H22N2O2/c1-11(2)16-14-7-8-17(15(14)18)13-6-4-5-12(9-13)10-19-3/h4-6,9,11,14,16H,7-8,10H2,1-3H3. The highest BCUT2D eigenvalue weighted by Crippen LogP contribution is 2.23. The minimum absolute atomic E-state index is 0.0499. The zero-order chi connectivity index (χ0) is 13.8. The van der Waals surface area contributed by atoms with Gasteiger partial charge in [0.15, 0.2) is 0 Å². The van der Waals surface area contributed by atoms with Crippen LogP contribution in [0.4, 0.5) is 5.69 Å². The molecule has 0 aliphatic carbocycles. The molecule has 4 heteroatoms. The second kappa shape index (κ2) is 6.17. The quantitative estimate of drug-likeness (QED) is 0.881. The number of benzene rings is 1. The molecule has 1 heterocycles. The van der Waals surface area contributed by atoms with Crippen molar-refractivity contribution in [2.24, 2.45) is 0 Å². The first-order valence-electron chi connectivity index (χ1n) is 6.77. The molecule has 1 aliphatic rings. The Balaban J connectivity index is 2.10. The van der Waals surface area contributed by atoms with Gasteiger partial charge >= 0.3 is 0 Å². The van der Waals surface area contributed by atoms with Gasteiger partial charge in [0, 0.05) is 25.4 Å². The van der Waals surface area contributed by atoms with Gasteiger partial charge < -0.3 is 15.0 Å². The van der Waals surface area contributed by atoms with E-state index in [1.807, 2.05) is 29.2 Å². The van der Waals surface area contributed by atoms with Crippen LogP contribution < -0.4 is 10.2 Å². The molecule has 0 bridgehead atoms. The van der Waals surface area contributed by atoms with Gasteiger partial charge in [0.05, 0.1) is 12.6 Å². The Morgan fingerprint density at radius 3 is 2.95 bits per heavy atom. The Bertz CT molecular complexity index is 446. The molecule has 1 unspecified atom stereocenters. The molecular formula is C15H22N2O2. The average Bonchev–Trinajstić information content (AvgIpc) is 2.71. The monoisotopic (exact) mass is 262 g/mol. The van der Waals surface area contributed by atoms with E-state index in [-0.39, 0.29) is 11.9 Å². The molecular weight excluding hydrogens is 240 g/mol. The Morgan fingerprint density at radius 2 is 2.26 bits per heavy atom. The van der Waals surface area contributed by atoms with Crippen LogP contribution in [-0.4, -0.2) is 31.6 Å². The van der Waals surface area contributed by atoms with Crippen molar-refractivity contribution in [2.75, 3.05) is 18.6 Å². The van der Waals surface area contributed by atoms with Gasteiger partial charge in [-0.15, -0.1) is 0 Å². The third kappa shape index (κ3) is 3.33. The summed E-state index contributed by atoms with van der Waals surface area (Å²) in [5.41, 5.74) is 2.06. The van der Waals surface area contributed by atoms with E-state index < -0.39 is 0 Å².